The van der Waals surface area contributed by atoms with Gasteiger partial charge in [0.1, 0.15) is 5.75 Å². The predicted molar refractivity (Wildman–Crippen MR) is 91.7 cm³/mol. The number of hydrogen-bond acceptors (Lipinski definition) is 3. The van der Waals surface area contributed by atoms with Crippen LogP contribution in [0, 0.1) is 12.8 Å². The third kappa shape index (κ3) is 3.69. The lowest BCUT2D eigenvalue weighted by atomic mass is 9.77. The summed E-state index contributed by atoms with van der Waals surface area (Å²) in [6.45, 7) is 6.21. The second-order valence-corrected chi connectivity index (χ2v) is 7.00. The van der Waals surface area contributed by atoms with Crippen LogP contribution < -0.4 is 10.1 Å². The lowest BCUT2D eigenvalue weighted by Gasteiger charge is -2.30. The predicted octanol–water partition coefficient (Wildman–Crippen LogP) is 2.95. The molecule has 0 bridgehead atoms. The highest BCUT2D eigenvalue weighted by molar-refractivity contribution is 5.88. The zero-order valence-corrected chi connectivity index (χ0v) is 14.7. The fraction of sp³-hybridized carbons (Fsp3) is 0.632. The lowest BCUT2D eigenvalue weighted by Crippen LogP contribution is -2.46. The van der Waals surface area contributed by atoms with Crippen LogP contribution in [0.5, 0.6) is 5.75 Å². The van der Waals surface area contributed by atoms with Crippen molar-refractivity contribution in [3.8, 4) is 5.75 Å². The van der Waals surface area contributed by atoms with E-state index in [0.717, 1.165) is 42.6 Å². The number of carbonyl (C=O) groups is 1. The first kappa shape index (κ1) is 17.8. The molecule has 1 unspecified atom stereocenters. The van der Waals surface area contributed by atoms with Crippen molar-refractivity contribution in [3.63, 3.8) is 0 Å². The molecule has 0 heterocycles. The number of hydrogen-bond donors (Lipinski definition) is 2. The van der Waals surface area contributed by atoms with Gasteiger partial charge in [0.2, 0.25) is 5.91 Å². The van der Waals surface area contributed by atoms with Crippen LogP contribution in [0.25, 0.3) is 0 Å². The summed E-state index contributed by atoms with van der Waals surface area (Å²) in [6.07, 6.45) is 3.29. The molecule has 0 radical (unpaired) electrons. The Morgan fingerprint density at radius 1 is 1.35 bits per heavy atom. The highest BCUT2D eigenvalue weighted by atomic mass is 16.5. The molecule has 23 heavy (non-hydrogen) atoms. The average Bonchev–Trinajstić information content (AvgIpc) is 3.03. The third-order valence-electron chi connectivity index (χ3n) is 5.09. The summed E-state index contributed by atoms with van der Waals surface area (Å²) in [7, 11) is 1.66. The van der Waals surface area contributed by atoms with Gasteiger partial charge in [-0.05, 0) is 42.9 Å². The average molecular weight is 319 g/mol. The molecule has 1 atom stereocenters. The molecule has 0 saturated heterocycles. The maximum Gasteiger partial charge on any atom is 0.230 e. The number of aryl methyl sites for hydroxylation is 1. The molecule has 1 aromatic rings. The number of methoxy groups -OCH3 is 1. The second-order valence-electron chi connectivity index (χ2n) is 7.00. The minimum atomic E-state index is -0.509. The van der Waals surface area contributed by atoms with E-state index in [9.17, 15) is 9.90 Å². The monoisotopic (exact) mass is 319 g/mol. The van der Waals surface area contributed by atoms with E-state index in [1.807, 2.05) is 39.0 Å². The Kier molecular flexibility index (Phi) is 5.69. The quantitative estimate of drug-likeness (QED) is 0.847. The molecule has 2 N–H and O–H groups in total. The molecule has 0 aromatic heterocycles. The maximum atomic E-state index is 12.9. The number of ether oxygens (including phenoxy) is 1. The van der Waals surface area contributed by atoms with Gasteiger partial charge in [0, 0.05) is 6.54 Å². The number of aliphatic hydroxyl groups excluding tert-OH is 1. The van der Waals surface area contributed by atoms with Gasteiger partial charge in [-0.25, -0.2) is 0 Å². The fourth-order valence-electron chi connectivity index (χ4n) is 3.35. The van der Waals surface area contributed by atoms with Crippen molar-refractivity contribution in [1.82, 2.24) is 5.32 Å². The van der Waals surface area contributed by atoms with Gasteiger partial charge in [-0.3, -0.25) is 4.79 Å². The molecule has 0 aliphatic heterocycles. The fourth-order valence-corrected chi connectivity index (χ4v) is 3.35. The van der Waals surface area contributed by atoms with Gasteiger partial charge in [-0.15, -0.1) is 0 Å². The van der Waals surface area contributed by atoms with E-state index in [-0.39, 0.29) is 11.8 Å². The first-order valence-corrected chi connectivity index (χ1v) is 8.52. The summed E-state index contributed by atoms with van der Waals surface area (Å²) >= 11 is 0. The number of carbonyl (C=O) groups excluding carboxylic acids is 1. The Balaban J connectivity index is 2.24. The molecule has 1 fully saturated rings. The van der Waals surface area contributed by atoms with Gasteiger partial charge in [-0.1, -0.05) is 38.8 Å². The van der Waals surface area contributed by atoms with Gasteiger partial charge < -0.3 is 15.2 Å². The molecule has 4 heteroatoms. The molecule has 1 aromatic carbocycles. The molecule has 1 aliphatic carbocycles. The van der Waals surface area contributed by atoms with Gasteiger partial charge in [0.05, 0.1) is 18.6 Å². The van der Waals surface area contributed by atoms with E-state index in [2.05, 4.69) is 5.32 Å². The van der Waals surface area contributed by atoms with Crippen molar-refractivity contribution < 1.29 is 14.6 Å². The maximum absolute atomic E-state index is 12.9. The zero-order chi connectivity index (χ0) is 17.0. The van der Waals surface area contributed by atoms with Crippen molar-refractivity contribution in [2.45, 2.75) is 58.0 Å². The van der Waals surface area contributed by atoms with Crippen LogP contribution in [0.2, 0.25) is 0 Å². The van der Waals surface area contributed by atoms with Gasteiger partial charge >= 0.3 is 0 Å². The first-order valence-electron chi connectivity index (χ1n) is 8.52. The molecule has 1 amide bonds. The van der Waals surface area contributed by atoms with E-state index in [1.165, 1.54) is 0 Å². The van der Waals surface area contributed by atoms with Crippen LogP contribution in [-0.2, 0) is 10.2 Å². The lowest BCUT2D eigenvalue weighted by molar-refractivity contribution is -0.127. The molecular formula is C19H29NO3. The number of aliphatic hydroxyl groups is 1. The zero-order valence-electron chi connectivity index (χ0n) is 14.7. The van der Waals surface area contributed by atoms with Gasteiger partial charge in [0.15, 0.2) is 0 Å². The van der Waals surface area contributed by atoms with Crippen molar-refractivity contribution >= 4 is 5.91 Å². The Bertz CT molecular complexity index is 548. The normalized spacial score (nSPS) is 18.0. The molecular weight excluding hydrogens is 290 g/mol. The molecule has 0 spiro atoms. The first-order chi connectivity index (χ1) is 10.9. The molecule has 1 aliphatic rings. The highest BCUT2D eigenvalue weighted by Crippen LogP contribution is 2.42. The van der Waals surface area contributed by atoms with Crippen LogP contribution in [0.4, 0.5) is 0 Å². The number of amides is 1. The smallest absolute Gasteiger partial charge is 0.230 e. The van der Waals surface area contributed by atoms with Crippen molar-refractivity contribution in [1.29, 1.82) is 0 Å². The summed E-state index contributed by atoms with van der Waals surface area (Å²) < 4.78 is 5.43. The van der Waals surface area contributed by atoms with E-state index in [4.69, 9.17) is 4.74 Å². The van der Waals surface area contributed by atoms with Crippen molar-refractivity contribution in [2.75, 3.05) is 13.7 Å². The molecule has 128 valence electrons. The Hall–Kier alpha value is -1.55. The van der Waals surface area contributed by atoms with E-state index in [0.29, 0.717) is 6.54 Å². The summed E-state index contributed by atoms with van der Waals surface area (Å²) in [4.78, 5) is 12.9. The van der Waals surface area contributed by atoms with Crippen LogP contribution in [0.1, 0.15) is 50.7 Å². The van der Waals surface area contributed by atoms with Gasteiger partial charge in [-0.2, -0.15) is 0 Å². The van der Waals surface area contributed by atoms with E-state index < -0.39 is 11.5 Å². The van der Waals surface area contributed by atoms with E-state index >= 15 is 0 Å². The SMILES string of the molecule is COc1cc(C2(C(=O)NCC(O)C(C)C)CCCC2)ccc1C. The molecule has 1 saturated carbocycles. The van der Waals surface area contributed by atoms with Crippen molar-refractivity contribution in [2.24, 2.45) is 5.92 Å². The number of rotatable bonds is 6. The Morgan fingerprint density at radius 2 is 2.00 bits per heavy atom. The summed E-state index contributed by atoms with van der Waals surface area (Å²) in [5.74, 6) is 0.985. The van der Waals surface area contributed by atoms with Crippen LogP contribution >= 0.6 is 0 Å². The van der Waals surface area contributed by atoms with E-state index in [1.54, 1.807) is 7.11 Å². The minimum Gasteiger partial charge on any atom is -0.496 e. The minimum absolute atomic E-state index is 0.0283. The summed E-state index contributed by atoms with van der Waals surface area (Å²) in [5.41, 5.74) is 1.60. The standard InChI is InChI=1S/C19H29NO3/c1-13(2)16(21)12-20-18(22)19(9-5-6-10-19)15-8-7-14(3)17(11-15)23-4/h7-8,11,13,16,21H,5-6,9-10,12H2,1-4H3,(H,20,22). The highest BCUT2D eigenvalue weighted by Gasteiger charge is 2.43. The third-order valence-corrected chi connectivity index (χ3v) is 5.09. The van der Waals surface area contributed by atoms with Crippen molar-refractivity contribution in [3.05, 3.63) is 29.3 Å². The largest absolute Gasteiger partial charge is 0.496 e. The number of nitrogens with one attached hydrogen (secondary N) is 1. The molecule has 4 nitrogen and oxygen atoms in total. The second kappa shape index (κ2) is 7.35. The molecule has 2 rings (SSSR count). The number of benzene rings is 1. The summed E-state index contributed by atoms with van der Waals surface area (Å²) in [6, 6.07) is 6.06. The topological polar surface area (TPSA) is 58.6 Å². The Morgan fingerprint density at radius 3 is 2.57 bits per heavy atom. The van der Waals surface area contributed by atoms with Crippen LogP contribution in [-0.4, -0.2) is 30.8 Å². The van der Waals surface area contributed by atoms with Gasteiger partial charge in [0.25, 0.3) is 0 Å². The van der Waals surface area contributed by atoms with Crippen LogP contribution in [0.3, 0.4) is 0 Å². The van der Waals surface area contributed by atoms with Crippen LogP contribution in [0.15, 0.2) is 18.2 Å². The summed E-state index contributed by atoms with van der Waals surface area (Å²) in [5, 5.41) is 12.9. The Labute approximate surface area is 139 Å².